The summed E-state index contributed by atoms with van der Waals surface area (Å²) in [6.07, 6.45) is 0. The fraction of sp³-hybridized carbons (Fsp3) is 0.500. The van der Waals surface area contributed by atoms with Crippen molar-refractivity contribution in [2.75, 3.05) is 13.2 Å². The van der Waals surface area contributed by atoms with Crippen LogP contribution < -0.4 is 10.1 Å². The molecule has 100 valence electrons. The van der Waals surface area contributed by atoms with Gasteiger partial charge in [-0.3, -0.25) is 4.79 Å². The van der Waals surface area contributed by atoms with Crippen LogP contribution in [0.15, 0.2) is 12.1 Å². The third kappa shape index (κ3) is 3.74. The van der Waals surface area contributed by atoms with E-state index in [4.69, 9.17) is 9.84 Å². The zero-order valence-electron chi connectivity index (χ0n) is 11.4. The van der Waals surface area contributed by atoms with E-state index >= 15 is 0 Å². The van der Waals surface area contributed by atoms with E-state index in [1.807, 2.05) is 39.8 Å². The number of aliphatic carboxylic acids is 1. The molecular formula is C14H21NO3. The molecule has 1 aromatic rings. The highest BCUT2D eigenvalue weighted by Crippen LogP contribution is 2.24. The third-order valence-electron chi connectivity index (χ3n) is 2.75. The first kappa shape index (κ1) is 14.5. The number of carboxylic acids is 1. The molecule has 2 N–H and O–H groups in total. The number of benzene rings is 1. The van der Waals surface area contributed by atoms with Crippen molar-refractivity contribution in [3.05, 3.63) is 28.8 Å². The summed E-state index contributed by atoms with van der Waals surface area (Å²) in [4.78, 5) is 11.0. The molecule has 0 saturated heterocycles. The van der Waals surface area contributed by atoms with Gasteiger partial charge in [0.2, 0.25) is 0 Å². The Morgan fingerprint density at radius 1 is 1.33 bits per heavy atom. The molecule has 0 bridgehead atoms. The SMILES string of the molecule is CCNC(COc1c(C)cc(C)cc1C)C(=O)O. The fourth-order valence-electron chi connectivity index (χ4n) is 2.03. The quantitative estimate of drug-likeness (QED) is 0.812. The number of carboxylic acid groups (broad SMARTS) is 1. The second-order valence-corrected chi connectivity index (χ2v) is 4.49. The van der Waals surface area contributed by atoms with Crippen LogP contribution in [0.3, 0.4) is 0 Å². The van der Waals surface area contributed by atoms with Gasteiger partial charge in [-0.1, -0.05) is 24.6 Å². The highest BCUT2D eigenvalue weighted by atomic mass is 16.5. The van der Waals surface area contributed by atoms with Gasteiger partial charge < -0.3 is 15.2 Å². The lowest BCUT2D eigenvalue weighted by molar-refractivity contribution is -0.140. The van der Waals surface area contributed by atoms with Crippen molar-refractivity contribution in [3.8, 4) is 5.75 Å². The predicted molar refractivity (Wildman–Crippen MR) is 71.2 cm³/mol. The van der Waals surface area contributed by atoms with Crippen molar-refractivity contribution in [1.82, 2.24) is 5.32 Å². The van der Waals surface area contributed by atoms with Crippen LogP contribution in [0.1, 0.15) is 23.6 Å². The monoisotopic (exact) mass is 251 g/mol. The van der Waals surface area contributed by atoms with Crippen molar-refractivity contribution in [3.63, 3.8) is 0 Å². The molecule has 0 spiro atoms. The maximum atomic E-state index is 11.0. The topological polar surface area (TPSA) is 58.6 Å². The molecule has 0 aromatic heterocycles. The Kier molecular flexibility index (Phi) is 5.16. The Labute approximate surface area is 108 Å². The molecule has 0 amide bonds. The number of carbonyl (C=O) groups is 1. The lowest BCUT2D eigenvalue weighted by Gasteiger charge is -2.17. The van der Waals surface area contributed by atoms with Gasteiger partial charge in [0.15, 0.2) is 0 Å². The molecule has 1 atom stereocenters. The van der Waals surface area contributed by atoms with E-state index in [1.165, 1.54) is 5.56 Å². The molecule has 0 aliphatic rings. The molecule has 0 aliphatic carbocycles. The van der Waals surface area contributed by atoms with Crippen LogP contribution in [0.5, 0.6) is 5.75 Å². The lowest BCUT2D eigenvalue weighted by Crippen LogP contribution is -2.41. The van der Waals surface area contributed by atoms with E-state index in [2.05, 4.69) is 5.32 Å². The van der Waals surface area contributed by atoms with Crippen molar-refractivity contribution >= 4 is 5.97 Å². The summed E-state index contributed by atoms with van der Waals surface area (Å²) < 4.78 is 5.66. The lowest BCUT2D eigenvalue weighted by atomic mass is 10.1. The third-order valence-corrected chi connectivity index (χ3v) is 2.75. The van der Waals surface area contributed by atoms with E-state index in [1.54, 1.807) is 0 Å². The Hall–Kier alpha value is -1.55. The zero-order valence-corrected chi connectivity index (χ0v) is 11.4. The Morgan fingerprint density at radius 3 is 2.33 bits per heavy atom. The first-order valence-corrected chi connectivity index (χ1v) is 6.12. The highest BCUT2D eigenvalue weighted by Gasteiger charge is 2.17. The molecule has 0 radical (unpaired) electrons. The number of aryl methyl sites for hydroxylation is 3. The van der Waals surface area contributed by atoms with Crippen LogP contribution >= 0.6 is 0 Å². The number of hydrogen-bond acceptors (Lipinski definition) is 3. The number of nitrogens with one attached hydrogen (secondary N) is 1. The van der Waals surface area contributed by atoms with Gasteiger partial charge >= 0.3 is 5.97 Å². The van der Waals surface area contributed by atoms with Crippen LogP contribution in [-0.4, -0.2) is 30.3 Å². The fourth-order valence-corrected chi connectivity index (χ4v) is 2.03. The Bertz CT molecular complexity index is 406. The summed E-state index contributed by atoms with van der Waals surface area (Å²) >= 11 is 0. The van der Waals surface area contributed by atoms with E-state index in [9.17, 15) is 4.79 Å². The molecule has 0 heterocycles. The van der Waals surface area contributed by atoms with Gasteiger partial charge in [0.1, 0.15) is 18.4 Å². The predicted octanol–water partition coefficient (Wildman–Crippen LogP) is 2.05. The average molecular weight is 251 g/mol. The highest BCUT2D eigenvalue weighted by molar-refractivity contribution is 5.73. The van der Waals surface area contributed by atoms with E-state index in [0.29, 0.717) is 6.54 Å². The maximum Gasteiger partial charge on any atom is 0.324 e. The van der Waals surface area contributed by atoms with Gasteiger partial charge in [-0.15, -0.1) is 0 Å². The minimum atomic E-state index is -0.890. The molecule has 1 unspecified atom stereocenters. The summed E-state index contributed by atoms with van der Waals surface area (Å²) in [5.41, 5.74) is 3.25. The first-order chi connectivity index (χ1) is 8.45. The van der Waals surface area contributed by atoms with E-state index in [-0.39, 0.29) is 6.61 Å². The van der Waals surface area contributed by atoms with Crippen LogP contribution in [0, 0.1) is 20.8 Å². The van der Waals surface area contributed by atoms with Crippen molar-refractivity contribution in [2.24, 2.45) is 0 Å². The molecule has 1 aromatic carbocycles. The van der Waals surface area contributed by atoms with E-state index < -0.39 is 12.0 Å². The molecule has 18 heavy (non-hydrogen) atoms. The zero-order chi connectivity index (χ0) is 13.7. The van der Waals surface area contributed by atoms with Crippen LogP contribution in [-0.2, 0) is 4.79 Å². The normalized spacial score (nSPS) is 12.2. The standard InChI is InChI=1S/C14H21NO3/c1-5-15-12(14(16)17)8-18-13-10(3)6-9(2)7-11(13)4/h6-7,12,15H,5,8H2,1-4H3,(H,16,17). The van der Waals surface area contributed by atoms with Crippen molar-refractivity contribution < 1.29 is 14.6 Å². The van der Waals surface area contributed by atoms with Gasteiger partial charge in [0.25, 0.3) is 0 Å². The van der Waals surface area contributed by atoms with Gasteiger partial charge in [0.05, 0.1) is 0 Å². The Balaban J connectivity index is 2.76. The summed E-state index contributed by atoms with van der Waals surface area (Å²) in [6, 6.07) is 3.39. The molecule has 4 nitrogen and oxygen atoms in total. The van der Waals surface area contributed by atoms with E-state index in [0.717, 1.165) is 16.9 Å². The Morgan fingerprint density at radius 2 is 1.89 bits per heavy atom. The second-order valence-electron chi connectivity index (χ2n) is 4.49. The minimum absolute atomic E-state index is 0.133. The summed E-state index contributed by atoms with van der Waals surface area (Å²) in [7, 11) is 0. The van der Waals surface area contributed by atoms with Crippen molar-refractivity contribution in [1.29, 1.82) is 0 Å². The minimum Gasteiger partial charge on any atom is -0.491 e. The van der Waals surface area contributed by atoms with Crippen molar-refractivity contribution in [2.45, 2.75) is 33.7 Å². The maximum absolute atomic E-state index is 11.0. The summed E-state index contributed by atoms with van der Waals surface area (Å²) in [6.45, 7) is 8.58. The molecule has 4 heteroatoms. The number of hydrogen-bond donors (Lipinski definition) is 2. The number of ether oxygens (including phenoxy) is 1. The van der Waals surface area contributed by atoms with Crippen LogP contribution in [0.4, 0.5) is 0 Å². The molecule has 1 rings (SSSR count). The molecule has 0 fully saturated rings. The van der Waals surface area contributed by atoms with Crippen LogP contribution in [0.25, 0.3) is 0 Å². The second kappa shape index (κ2) is 6.40. The van der Waals surface area contributed by atoms with Gasteiger partial charge in [-0.2, -0.15) is 0 Å². The number of rotatable bonds is 6. The largest absolute Gasteiger partial charge is 0.491 e. The first-order valence-electron chi connectivity index (χ1n) is 6.12. The summed E-state index contributed by atoms with van der Waals surface area (Å²) in [5.74, 6) is -0.107. The van der Waals surface area contributed by atoms with Gasteiger partial charge in [-0.25, -0.2) is 0 Å². The average Bonchev–Trinajstić information content (AvgIpc) is 2.25. The van der Waals surface area contributed by atoms with Gasteiger partial charge in [0, 0.05) is 0 Å². The van der Waals surface area contributed by atoms with Crippen LogP contribution in [0.2, 0.25) is 0 Å². The van der Waals surface area contributed by atoms with Gasteiger partial charge in [-0.05, 0) is 38.4 Å². The molecule has 0 saturated carbocycles. The smallest absolute Gasteiger partial charge is 0.324 e. The molecular weight excluding hydrogens is 230 g/mol. The summed E-state index contributed by atoms with van der Waals surface area (Å²) in [5, 5.41) is 11.9. The molecule has 0 aliphatic heterocycles. The number of likely N-dealkylation sites (N-methyl/N-ethyl adjacent to an activating group) is 1.